The van der Waals surface area contributed by atoms with E-state index in [2.05, 4.69) is 4.98 Å². The SMILES string of the molecule is CCOC(=O)CCN(CC1CC1)C(=O)c1cc2cc(Cl)ccc2nc1C. The number of benzene rings is 1. The van der Waals surface area contributed by atoms with Gasteiger partial charge in [0.25, 0.3) is 5.91 Å². The van der Waals surface area contributed by atoms with Gasteiger partial charge in [0.1, 0.15) is 0 Å². The Kier molecular flexibility index (Phi) is 5.77. The van der Waals surface area contributed by atoms with Crippen LogP contribution in [0.5, 0.6) is 0 Å². The number of aryl methyl sites for hydroxylation is 1. The fourth-order valence-electron chi connectivity index (χ4n) is 2.98. The summed E-state index contributed by atoms with van der Waals surface area (Å²) in [5.41, 5.74) is 2.05. The number of amides is 1. The number of rotatable bonds is 7. The Hall–Kier alpha value is -2.14. The van der Waals surface area contributed by atoms with E-state index in [1.165, 1.54) is 0 Å². The van der Waals surface area contributed by atoms with Crippen molar-refractivity contribution in [2.24, 2.45) is 5.92 Å². The zero-order valence-corrected chi connectivity index (χ0v) is 15.9. The van der Waals surface area contributed by atoms with E-state index in [9.17, 15) is 9.59 Å². The second-order valence-corrected chi connectivity index (χ2v) is 7.14. The van der Waals surface area contributed by atoms with E-state index >= 15 is 0 Å². The molecule has 0 spiro atoms. The molecule has 0 radical (unpaired) electrons. The van der Waals surface area contributed by atoms with Crippen LogP contribution in [0, 0.1) is 12.8 Å². The molecule has 0 bridgehead atoms. The molecular weight excluding hydrogens is 352 g/mol. The van der Waals surface area contributed by atoms with Gasteiger partial charge in [-0.2, -0.15) is 0 Å². The summed E-state index contributed by atoms with van der Waals surface area (Å²) in [6.07, 6.45) is 2.47. The van der Waals surface area contributed by atoms with Gasteiger partial charge >= 0.3 is 5.97 Å². The maximum Gasteiger partial charge on any atom is 0.307 e. The summed E-state index contributed by atoms with van der Waals surface area (Å²) in [6, 6.07) is 7.29. The summed E-state index contributed by atoms with van der Waals surface area (Å²) in [5.74, 6) is 0.165. The molecule has 1 amide bonds. The summed E-state index contributed by atoms with van der Waals surface area (Å²) in [5, 5.41) is 1.45. The average molecular weight is 375 g/mol. The molecule has 1 heterocycles. The highest BCUT2D eigenvalue weighted by Crippen LogP contribution is 2.30. The van der Waals surface area contributed by atoms with Gasteiger partial charge in [0.05, 0.1) is 29.8 Å². The van der Waals surface area contributed by atoms with Gasteiger partial charge in [-0.3, -0.25) is 14.6 Å². The molecule has 0 saturated heterocycles. The lowest BCUT2D eigenvalue weighted by Gasteiger charge is -2.23. The van der Waals surface area contributed by atoms with Gasteiger partial charge in [-0.15, -0.1) is 0 Å². The Morgan fingerprint density at radius 1 is 1.31 bits per heavy atom. The summed E-state index contributed by atoms with van der Waals surface area (Å²) in [4.78, 5) is 31.1. The number of carbonyl (C=O) groups excluding carboxylic acids is 2. The zero-order valence-electron chi connectivity index (χ0n) is 15.1. The smallest absolute Gasteiger partial charge is 0.307 e. The third kappa shape index (κ3) is 4.52. The molecule has 1 fully saturated rings. The van der Waals surface area contributed by atoms with Crippen LogP contribution >= 0.6 is 11.6 Å². The van der Waals surface area contributed by atoms with Gasteiger partial charge in [0.2, 0.25) is 0 Å². The molecule has 1 aromatic carbocycles. The van der Waals surface area contributed by atoms with Crippen LogP contribution in [-0.4, -0.2) is 41.5 Å². The van der Waals surface area contributed by atoms with E-state index in [-0.39, 0.29) is 18.3 Å². The molecular formula is C20H23ClN2O3. The molecule has 1 saturated carbocycles. The van der Waals surface area contributed by atoms with Crippen molar-refractivity contribution in [3.8, 4) is 0 Å². The lowest BCUT2D eigenvalue weighted by molar-refractivity contribution is -0.143. The third-order valence-electron chi connectivity index (χ3n) is 4.55. The molecule has 0 unspecified atom stereocenters. The fourth-order valence-corrected chi connectivity index (χ4v) is 3.16. The van der Waals surface area contributed by atoms with Crippen LogP contribution in [0.25, 0.3) is 10.9 Å². The standard InChI is InChI=1S/C20H23ClN2O3/c1-3-26-19(24)8-9-23(12-14-4-5-14)20(25)17-11-15-10-16(21)6-7-18(15)22-13(17)2/h6-7,10-11,14H,3-5,8-9,12H2,1-2H3. The summed E-state index contributed by atoms with van der Waals surface area (Å²) < 4.78 is 4.99. The predicted octanol–water partition coefficient (Wildman–Crippen LogP) is 4.00. The lowest BCUT2D eigenvalue weighted by Crippen LogP contribution is -2.35. The van der Waals surface area contributed by atoms with Crippen molar-refractivity contribution < 1.29 is 14.3 Å². The first-order valence-electron chi connectivity index (χ1n) is 8.99. The van der Waals surface area contributed by atoms with E-state index in [0.29, 0.717) is 41.9 Å². The van der Waals surface area contributed by atoms with Crippen molar-refractivity contribution in [3.63, 3.8) is 0 Å². The maximum absolute atomic E-state index is 13.1. The first-order chi connectivity index (χ1) is 12.5. The third-order valence-corrected chi connectivity index (χ3v) is 4.79. The van der Waals surface area contributed by atoms with E-state index < -0.39 is 0 Å². The van der Waals surface area contributed by atoms with E-state index in [4.69, 9.17) is 16.3 Å². The highest BCUT2D eigenvalue weighted by molar-refractivity contribution is 6.31. The van der Waals surface area contributed by atoms with Crippen LogP contribution in [0.4, 0.5) is 0 Å². The van der Waals surface area contributed by atoms with E-state index in [0.717, 1.165) is 23.7 Å². The van der Waals surface area contributed by atoms with Gasteiger partial charge in [-0.25, -0.2) is 0 Å². The Morgan fingerprint density at radius 2 is 2.08 bits per heavy atom. The first kappa shape index (κ1) is 18.6. The second kappa shape index (κ2) is 8.04. The minimum absolute atomic E-state index is 0.0897. The Labute approximate surface area is 158 Å². The summed E-state index contributed by atoms with van der Waals surface area (Å²) >= 11 is 6.07. The number of fused-ring (bicyclic) bond motifs is 1. The average Bonchev–Trinajstić information content (AvgIpc) is 3.42. The largest absolute Gasteiger partial charge is 0.466 e. The number of hydrogen-bond donors (Lipinski definition) is 0. The molecule has 138 valence electrons. The molecule has 6 heteroatoms. The highest BCUT2D eigenvalue weighted by Gasteiger charge is 2.28. The van der Waals surface area contributed by atoms with Crippen LogP contribution in [-0.2, 0) is 9.53 Å². The highest BCUT2D eigenvalue weighted by atomic mass is 35.5. The first-order valence-corrected chi connectivity index (χ1v) is 9.37. The minimum Gasteiger partial charge on any atom is -0.466 e. The second-order valence-electron chi connectivity index (χ2n) is 6.71. The maximum atomic E-state index is 13.1. The molecule has 1 aromatic heterocycles. The van der Waals surface area contributed by atoms with Crippen LogP contribution < -0.4 is 0 Å². The van der Waals surface area contributed by atoms with Crippen LogP contribution in [0.1, 0.15) is 42.2 Å². The monoisotopic (exact) mass is 374 g/mol. The minimum atomic E-state index is -0.277. The molecule has 0 aliphatic heterocycles. The van der Waals surface area contributed by atoms with Crippen LogP contribution in [0.3, 0.4) is 0 Å². The number of esters is 1. The Bertz CT molecular complexity index is 833. The fraction of sp³-hybridized carbons (Fsp3) is 0.450. The van der Waals surface area contributed by atoms with Gasteiger partial charge < -0.3 is 9.64 Å². The normalized spacial score (nSPS) is 13.7. The van der Waals surface area contributed by atoms with Crippen molar-refractivity contribution in [1.82, 2.24) is 9.88 Å². The molecule has 5 nitrogen and oxygen atoms in total. The Morgan fingerprint density at radius 3 is 2.77 bits per heavy atom. The zero-order chi connectivity index (χ0) is 18.7. The van der Waals surface area contributed by atoms with Crippen molar-refractivity contribution in [2.45, 2.75) is 33.1 Å². The number of ether oxygens (including phenoxy) is 1. The molecule has 0 N–H and O–H groups in total. The number of nitrogens with zero attached hydrogens (tertiary/aromatic N) is 2. The number of hydrogen-bond acceptors (Lipinski definition) is 4. The summed E-state index contributed by atoms with van der Waals surface area (Å²) in [7, 11) is 0. The van der Waals surface area contributed by atoms with Gasteiger partial charge in [-0.1, -0.05) is 11.6 Å². The van der Waals surface area contributed by atoms with E-state index in [1.54, 1.807) is 17.9 Å². The van der Waals surface area contributed by atoms with E-state index in [1.807, 2.05) is 25.1 Å². The molecule has 0 atom stereocenters. The summed E-state index contributed by atoms with van der Waals surface area (Å²) in [6.45, 7) is 5.00. The Balaban J connectivity index is 1.83. The topological polar surface area (TPSA) is 59.5 Å². The van der Waals surface area contributed by atoms with Crippen molar-refractivity contribution in [3.05, 3.63) is 40.5 Å². The molecule has 26 heavy (non-hydrogen) atoms. The number of pyridine rings is 1. The van der Waals surface area contributed by atoms with Gasteiger partial charge in [-0.05, 0) is 56.9 Å². The van der Waals surface area contributed by atoms with Gasteiger partial charge in [0, 0.05) is 23.5 Å². The van der Waals surface area contributed by atoms with Crippen molar-refractivity contribution in [2.75, 3.05) is 19.7 Å². The van der Waals surface area contributed by atoms with Crippen molar-refractivity contribution in [1.29, 1.82) is 0 Å². The number of aromatic nitrogens is 1. The molecule has 2 aromatic rings. The van der Waals surface area contributed by atoms with Crippen LogP contribution in [0.2, 0.25) is 5.02 Å². The lowest BCUT2D eigenvalue weighted by atomic mass is 10.1. The van der Waals surface area contributed by atoms with Crippen molar-refractivity contribution >= 4 is 34.4 Å². The quantitative estimate of drug-likeness (QED) is 0.687. The van der Waals surface area contributed by atoms with Gasteiger partial charge in [0.15, 0.2) is 0 Å². The number of halogens is 1. The molecule has 3 rings (SSSR count). The predicted molar refractivity (Wildman–Crippen MR) is 101 cm³/mol. The molecule has 1 aliphatic rings. The molecule has 1 aliphatic carbocycles. The number of carbonyl (C=O) groups is 2. The van der Waals surface area contributed by atoms with Crippen LogP contribution in [0.15, 0.2) is 24.3 Å².